The normalized spacial score (nSPS) is 14.2. The molecule has 0 atom stereocenters. The predicted octanol–water partition coefficient (Wildman–Crippen LogP) is 3.45. The Morgan fingerprint density at radius 2 is 1.76 bits per heavy atom. The molecule has 1 saturated heterocycles. The molecule has 0 unspecified atom stereocenters. The van der Waals surface area contributed by atoms with E-state index in [1.165, 1.54) is 11.3 Å². The fraction of sp³-hybridized carbons (Fsp3) is 0.333. The average Bonchev–Trinajstić information content (AvgIpc) is 3.16. The number of ether oxygens (including phenoxy) is 1. The van der Waals surface area contributed by atoms with Gasteiger partial charge in [0.25, 0.3) is 0 Å². The van der Waals surface area contributed by atoms with Crippen molar-refractivity contribution in [1.29, 1.82) is 0 Å². The quantitative estimate of drug-likeness (QED) is 0.535. The van der Waals surface area contributed by atoms with Crippen molar-refractivity contribution in [2.45, 2.75) is 13.8 Å². The number of hydrogen-bond acceptors (Lipinski definition) is 8. The number of anilines is 2. The molecule has 1 fully saturated rings. The molecule has 0 spiro atoms. The Hall–Kier alpha value is -3.30. The molecule has 0 radical (unpaired) electrons. The van der Waals surface area contributed by atoms with Crippen molar-refractivity contribution in [2.75, 3.05) is 49.5 Å². The molecular formula is C24H27N5O3S. The Kier molecular flexibility index (Phi) is 7.31. The Morgan fingerprint density at radius 3 is 2.42 bits per heavy atom. The monoisotopic (exact) mass is 465 g/mol. The van der Waals surface area contributed by atoms with Gasteiger partial charge in [-0.2, -0.15) is 0 Å². The van der Waals surface area contributed by atoms with E-state index in [2.05, 4.69) is 25.1 Å². The van der Waals surface area contributed by atoms with Crippen LogP contribution in [0.3, 0.4) is 0 Å². The number of nitrogens with zero attached hydrogens (tertiary/aromatic N) is 4. The van der Waals surface area contributed by atoms with Crippen molar-refractivity contribution >= 4 is 34.2 Å². The van der Waals surface area contributed by atoms with Crippen LogP contribution in [0.1, 0.15) is 22.2 Å². The first-order valence-electron chi connectivity index (χ1n) is 11.0. The zero-order chi connectivity index (χ0) is 23.2. The van der Waals surface area contributed by atoms with Gasteiger partial charge in [0.1, 0.15) is 10.6 Å². The molecule has 3 heterocycles. The minimum absolute atomic E-state index is 0.147. The number of benzene rings is 1. The van der Waals surface area contributed by atoms with Crippen molar-refractivity contribution in [1.82, 2.24) is 14.9 Å². The van der Waals surface area contributed by atoms with Crippen molar-refractivity contribution in [3.05, 3.63) is 59.2 Å². The number of carbonyl (C=O) groups is 2. The number of aromatic nitrogens is 2. The maximum absolute atomic E-state index is 12.9. The molecule has 0 bridgehead atoms. The topological polar surface area (TPSA) is 87.7 Å². The van der Waals surface area contributed by atoms with Gasteiger partial charge >= 0.3 is 5.97 Å². The van der Waals surface area contributed by atoms with Gasteiger partial charge in [-0.25, -0.2) is 14.8 Å². The van der Waals surface area contributed by atoms with E-state index < -0.39 is 5.97 Å². The van der Waals surface area contributed by atoms with Gasteiger partial charge in [0.05, 0.1) is 13.2 Å². The first-order chi connectivity index (χ1) is 16.1. The molecule has 3 aromatic rings. The lowest BCUT2D eigenvalue weighted by Crippen LogP contribution is -2.49. The SMILES string of the molecule is CCOC(=O)c1c(NC(=O)CN2CCN(c3ncccn3)CC2)sc(C)c1-c1ccccc1. The highest BCUT2D eigenvalue weighted by atomic mass is 32.1. The molecule has 0 saturated carbocycles. The fourth-order valence-corrected chi connectivity index (χ4v) is 4.99. The zero-order valence-electron chi connectivity index (χ0n) is 18.8. The lowest BCUT2D eigenvalue weighted by Gasteiger charge is -2.34. The van der Waals surface area contributed by atoms with Crippen LogP contribution < -0.4 is 10.2 Å². The largest absolute Gasteiger partial charge is 0.462 e. The Balaban J connectivity index is 1.45. The van der Waals surface area contributed by atoms with Gasteiger partial charge in [-0.1, -0.05) is 30.3 Å². The summed E-state index contributed by atoms with van der Waals surface area (Å²) in [4.78, 5) is 39.5. The number of hydrogen-bond donors (Lipinski definition) is 1. The molecule has 8 nitrogen and oxygen atoms in total. The molecule has 1 amide bonds. The van der Waals surface area contributed by atoms with Crippen LogP contribution in [0.2, 0.25) is 0 Å². The fourth-order valence-electron chi connectivity index (χ4n) is 3.91. The van der Waals surface area contributed by atoms with Gasteiger partial charge in [0, 0.05) is 49.0 Å². The van der Waals surface area contributed by atoms with E-state index in [4.69, 9.17) is 4.74 Å². The van der Waals surface area contributed by atoms with E-state index in [9.17, 15) is 9.59 Å². The number of nitrogens with one attached hydrogen (secondary N) is 1. The summed E-state index contributed by atoms with van der Waals surface area (Å²) in [7, 11) is 0. The van der Waals surface area contributed by atoms with Crippen molar-refractivity contribution in [3.8, 4) is 11.1 Å². The Morgan fingerprint density at radius 1 is 1.06 bits per heavy atom. The van der Waals surface area contributed by atoms with Crippen LogP contribution in [0.25, 0.3) is 11.1 Å². The highest BCUT2D eigenvalue weighted by Gasteiger charge is 2.26. The van der Waals surface area contributed by atoms with Gasteiger partial charge in [-0.05, 0) is 25.5 Å². The first kappa shape index (κ1) is 22.9. The Labute approximate surface area is 197 Å². The third-order valence-corrected chi connectivity index (χ3v) is 6.47. The summed E-state index contributed by atoms with van der Waals surface area (Å²) in [6.07, 6.45) is 3.46. The number of aryl methyl sites for hydroxylation is 1. The summed E-state index contributed by atoms with van der Waals surface area (Å²) >= 11 is 1.40. The summed E-state index contributed by atoms with van der Waals surface area (Å²) in [5.74, 6) is 0.140. The second-order valence-electron chi connectivity index (χ2n) is 7.68. The van der Waals surface area contributed by atoms with E-state index >= 15 is 0 Å². The lowest BCUT2D eigenvalue weighted by molar-refractivity contribution is -0.117. The van der Waals surface area contributed by atoms with Crippen molar-refractivity contribution < 1.29 is 14.3 Å². The van der Waals surface area contributed by atoms with Crippen LogP contribution in [0.15, 0.2) is 48.8 Å². The molecule has 2 aromatic heterocycles. The van der Waals surface area contributed by atoms with E-state index in [1.54, 1.807) is 25.4 Å². The average molecular weight is 466 g/mol. The summed E-state index contributed by atoms with van der Waals surface area (Å²) in [5.41, 5.74) is 2.16. The third-order valence-electron chi connectivity index (χ3n) is 5.45. The van der Waals surface area contributed by atoms with Crippen LogP contribution >= 0.6 is 11.3 Å². The van der Waals surface area contributed by atoms with Crippen LogP contribution in [0.4, 0.5) is 10.9 Å². The second-order valence-corrected chi connectivity index (χ2v) is 8.91. The lowest BCUT2D eigenvalue weighted by atomic mass is 10.0. The molecule has 33 heavy (non-hydrogen) atoms. The predicted molar refractivity (Wildman–Crippen MR) is 130 cm³/mol. The molecule has 1 aliphatic rings. The van der Waals surface area contributed by atoms with Crippen molar-refractivity contribution in [2.24, 2.45) is 0 Å². The molecule has 1 aliphatic heterocycles. The number of esters is 1. The van der Waals surface area contributed by atoms with Gasteiger partial charge < -0.3 is 15.0 Å². The van der Waals surface area contributed by atoms with Crippen LogP contribution in [-0.2, 0) is 9.53 Å². The maximum atomic E-state index is 12.9. The summed E-state index contributed by atoms with van der Waals surface area (Å²) < 4.78 is 5.32. The van der Waals surface area contributed by atoms with Crippen LogP contribution in [0.5, 0.6) is 0 Å². The number of amides is 1. The molecule has 9 heteroatoms. The molecule has 1 aromatic carbocycles. The summed E-state index contributed by atoms with van der Waals surface area (Å²) in [5, 5.41) is 3.50. The number of carbonyl (C=O) groups excluding carboxylic acids is 2. The van der Waals surface area contributed by atoms with E-state index in [-0.39, 0.29) is 19.1 Å². The van der Waals surface area contributed by atoms with Gasteiger partial charge in [0.2, 0.25) is 11.9 Å². The molecule has 4 rings (SSSR count). The highest BCUT2D eigenvalue weighted by molar-refractivity contribution is 7.17. The van der Waals surface area contributed by atoms with Gasteiger partial charge in [-0.15, -0.1) is 11.3 Å². The smallest absolute Gasteiger partial charge is 0.341 e. The third kappa shape index (κ3) is 5.37. The molecule has 0 aliphatic carbocycles. The minimum Gasteiger partial charge on any atom is -0.462 e. The van der Waals surface area contributed by atoms with Crippen LogP contribution in [-0.4, -0.2) is 66.1 Å². The zero-order valence-corrected chi connectivity index (χ0v) is 19.6. The summed E-state index contributed by atoms with van der Waals surface area (Å²) in [6, 6.07) is 11.5. The van der Waals surface area contributed by atoms with Crippen LogP contribution in [0, 0.1) is 6.92 Å². The first-order valence-corrected chi connectivity index (χ1v) is 11.8. The number of thiophene rings is 1. The Bertz CT molecular complexity index is 1100. The standard InChI is InChI=1S/C24H27N5O3S/c1-3-32-23(31)21-20(18-8-5-4-6-9-18)17(2)33-22(21)27-19(30)16-28-12-14-29(15-13-28)24-25-10-7-11-26-24/h4-11H,3,12-16H2,1-2H3,(H,27,30). The van der Waals surface area contributed by atoms with E-state index in [0.717, 1.165) is 42.2 Å². The van der Waals surface area contributed by atoms with E-state index in [0.29, 0.717) is 16.5 Å². The minimum atomic E-state index is -0.424. The van der Waals surface area contributed by atoms with Gasteiger partial charge in [-0.3, -0.25) is 9.69 Å². The van der Waals surface area contributed by atoms with E-state index in [1.807, 2.05) is 37.3 Å². The summed E-state index contributed by atoms with van der Waals surface area (Å²) in [6.45, 7) is 7.22. The van der Waals surface area contributed by atoms with Crippen molar-refractivity contribution in [3.63, 3.8) is 0 Å². The highest BCUT2D eigenvalue weighted by Crippen LogP contribution is 2.40. The maximum Gasteiger partial charge on any atom is 0.341 e. The molecular weight excluding hydrogens is 438 g/mol. The molecule has 1 N–H and O–H groups in total. The number of rotatable bonds is 7. The number of piperazine rings is 1. The molecule has 172 valence electrons. The van der Waals surface area contributed by atoms with Gasteiger partial charge in [0.15, 0.2) is 0 Å². The second kappa shape index (κ2) is 10.5.